The number of nitrogens with one attached hydrogen (secondary N) is 1. The van der Waals surface area contributed by atoms with Crippen LogP contribution in [0.5, 0.6) is 0 Å². The molecule has 1 saturated carbocycles. The molecule has 0 aromatic heterocycles. The highest BCUT2D eigenvalue weighted by Crippen LogP contribution is 2.28. The van der Waals surface area contributed by atoms with Crippen molar-refractivity contribution in [2.75, 3.05) is 13.1 Å². The summed E-state index contributed by atoms with van der Waals surface area (Å²) in [5.74, 6) is 0.827. The third-order valence-corrected chi connectivity index (χ3v) is 2.17. The molecule has 0 spiro atoms. The maximum atomic E-state index is 11.0. The van der Waals surface area contributed by atoms with Crippen LogP contribution in [0.3, 0.4) is 0 Å². The van der Waals surface area contributed by atoms with E-state index in [4.69, 9.17) is 5.73 Å². The van der Waals surface area contributed by atoms with E-state index in [-0.39, 0.29) is 5.91 Å². The monoisotopic (exact) mass is 156 g/mol. The van der Waals surface area contributed by atoms with Gasteiger partial charge >= 0.3 is 0 Å². The second-order valence-electron chi connectivity index (χ2n) is 3.14. The van der Waals surface area contributed by atoms with Crippen LogP contribution >= 0.6 is 0 Å². The first-order valence-electron chi connectivity index (χ1n) is 4.29. The fraction of sp³-hybridized carbons (Fsp3) is 0.875. The predicted molar refractivity (Wildman–Crippen MR) is 44.0 cm³/mol. The molecule has 1 aliphatic rings. The molecule has 0 heterocycles. The lowest BCUT2D eigenvalue weighted by atomic mass is 9.83. The van der Waals surface area contributed by atoms with Gasteiger partial charge in [0.1, 0.15) is 0 Å². The first kappa shape index (κ1) is 8.53. The van der Waals surface area contributed by atoms with E-state index >= 15 is 0 Å². The number of nitrogens with two attached hydrogens (primary N) is 1. The molecular formula is C8H16N2O. The normalized spacial score (nSPS) is 17.5. The minimum Gasteiger partial charge on any atom is -0.355 e. The van der Waals surface area contributed by atoms with Gasteiger partial charge in [-0.2, -0.15) is 0 Å². The van der Waals surface area contributed by atoms with Crippen molar-refractivity contribution >= 4 is 5.91 Å². The molecule has 0 aromatic rings. The highest BCUT2D eigenvalue weighted by molar-refractivity contribution is 5.76. The van der Waals surface area contributed by atoms with Gasteiger partial charge in [-0.05, 0) is 18.8 Å². The molecule has 1 rings (SSSR count). The number of hydrogen-bond acceptors (Lipinski definition) is 2. The van der Waals surface area contributed by atoms with Crippen molar-refractivity contribution in [2.24, 2.45) is 11.7 Å². The molecule has 0 radical (unpaired) electrons. The van der Waals surface area contributed by atoms with Crippen LogP contribution in [0.2, 0.25) is 0 Å². The highest BCUT2D eigenvalue weighted by atomic mass is 16.1. The van der Waals surface area contributed by atoms with Gasteiger partial charge in [0.15, 0.2) is 0 Å². The molecule has 0 saturated heterocycles. The number of hydrogen-bond donors (Lipinski definition) is 2. The summed E-state index contributed by atoms with van der Waals surface area (Å²) >= 11 is 0. The summed E-state index contributed by atoms with van der Waals surface area (Å²) in [7, 11) is 0. The fourth-order valence-electron chi connectivity index (χ4n) is 1.24. The topological polar surface area (TPSA) is 55.1 Å². The molecule has 0 atom stereocenters. The van der Waals surface area contributed by atoms with Crippen LogP contribution in [0.15, 0.2) is 0 Å². The molecule has 3 heteroatoms. The second-order valence-corrected chi connectivity index (χ2v) is 3.14. The summed E-state index contributed by atoms with van der Waals surface area (Å²) in [6.45, 7) is 1.15. The van der Waals surface area contributed by atoms with E-state index in [0.29, 0.717) is 25.4 Å². The lowest BCUT2D eigenvalue weighted by Crippen LogP contribution is -2.31. The first-order valence-corrected chi connectivity index (χ1v) is 4.29. The highest BCUT2D eigenvalue weighted by Gasteiger charge is 2.19. The standard InChI is InChI=1S/C8H16N2O/c9-4-5-10-8(11)6-7-2-1-3-7/h7H,1-6,9H2,(H,10,11). The minimum absolute atomic E-state index is 0.167. The van der Waals surface area contributed by atoms with Crippen molar-refractivity contribution < 1.29 is 4.79 Å². The van der Waals surface area contributed by atoms with Crippen LogP contribution in [0.4, 0.5) is 0 Å². The van der Waals surface area contributed by atoms with Gasteiger partial charge in [0, 0.05) is 19.5 Å². The average molecular weight is 156 g/mol. The molecule has 0 bridgehead atoms. The summed E-state index contributed by atoms with van der Waals surface area (Å²) in [5.41, 5.74) is 5.24. The molecule has 3 nitrogen and oxygen atoms in total. The van der Waals surface area contributed by atoms with Gasteiger partial charge in [0.2, 0.25) is 5.91 Å². The Morgan fingerprint density at radius 3 is 2.73 bits per heavy atom. The third kappa shape index (κ3) is 2.89. The maximum Gasteiger partial charge on any atom is 0.220 e. The molecule has 1 aliphatic carbocycles. The van der Waals surface area contributed by atoms with Crippen LogP contribution in [0.1, 0.15) is 25.7 Å². The Kier molecular flexibility index (Phi) is 3.36. The number of carbonyl (C=O) groups excluding carboxylic acids is 1. The van der Waals surface area contributed by atoms with Gasteiger partial charge in [0.05, 0.1) is 0 Å². The van der Waals surface area contributed by atoms with Crippen molar-refractivity contribution in [2.45, 2.75) is 25.7 Å². The lowest BCUT2D eigenvalue weighted by molar-refractivity contribution is -0.122. The Bertz CT molecular complexity index is 132. The molecule has 1 fully saturated rings. The van der Waals surface area contributed by atoms with Crippen molar-refractivity contribution in [1.82, 2.24) is 5.32 Å². The van der Waals surface area contributed by atoms with Gasteiger partial charge in [-0.25, -0.2) is 0 Å². The zero-order valence-electron chi connectivity index (χ0n) is 6.81. The van der Waals surface area contributed by atoms with Crippen LogP contribution in [0, 0.1) is 5.92 Å². The molecule has 3 N–H and O–H groups in total. The Morgan fingerprint density at radius 1 is 1.55 bits per heavy atom. The van der Waals surface area contributed by atoms with Crippen molar-refractivity contribution in [1.29, 1.82) is 0 Å². The van der Waals surface area contributed by atoms with E-state index in [1.807, 2.05) is 0 Å². The largest absolute Gasteiger partial charge is 0.355 e. The molecule has 0 aromatic carbocycles. The van der Waals surface area contributed by atoms with Gasteiger partial charge in [0.25, 0.3) is 0 Å². The second kappa shape index (κ2) is 4.34. The van der Waals surface area contributed by atoms with Crippen molar-refractivity contribution in [3.63, 3.8) is 0 Å². The summed E-state index contributed by atoms with van der Waals surface area (Å²) < 4.78 is 0. The Morgan fingerprint density at radius 2 is 2.27 bits per heavy atom. The third-order valence-electron chi connectivity index (χ3n) is 2.17. The van der Waals surface area contributed by atoms with Crippen LogP contribution in [-0.2, 0) is 4.79 Å². The molecule has 1 amide bonds. The van der Waals surface area contributed by atoms with Crippen molar-refractivity contribution in [3.8, 4) is 0 Å². The van der Waals surface area contributed by atoms with E-state index in [1.165, 1.54) is 19.3 Å². The first-order chi connectivity index (χ1) is 5.33. The summed E-state index contributed by atoms with van der Waals surface area (Å²) in [4.78, 5) is 11.0. The van der Waals surface area contributed by atoms with Crippen LogP contribution in [0.25, 0.3) is 0 Å². The SMILES string of the molecule is NCCNC(=O)CC1CCC1. The van der Waals surface area contributed by atoms with Gasteiger partial charge < -0.3 is 11.1 Å². The van der Waals surface area contributed by atoms with Crippen molar-refractivity contribution in [3.05, 3.63) is 0 Å². The lowest BCUT2D eigenvalue weighted by Gasteiger charge is -2.24. The van der Waals surface area contributed by atoms with E-state index in [9.17, 15) is 4.79 Å². The van der Waals surface area contributed by atoms with Crippen LogP contribution in [-0.4, -0.2) is 19.0 Å². The Labute approximate surface area is 67.3 Å². The minimum atomic E-state index is 0.167. The summed E-state index contributed by atoms with van der Waals surface area (Å²) in [5, 5.41) is 2.77. The zero-order valence-corrected chi connectivity index (χ0v) is 6.81. The maximum absolute atomic E-state index is 11.0. The summed E-state index contributed by atoms with van der Waals surface area (Å²) in [6.07, 6.45) is 4.47. The van der Waals surface area contributed by atoms with E-state index in [2.05, 4.69) is 5.32 Å². The molecule has 0 aliphatic heterocycles. The molecule has 0 unspecified atom stereocenters. The fourth-order valence-corrected chi connectivity index (χ4v) is 1.24. The summed E-state index contributed by atoms with van der Waals surface area (Å²) in [6, 6.07) is 0. The van der Waals surface area contributed by atoms with E-state index < -0.39 is 0 Å². The predicted octanol–water partition coefficient (Wildman–Crippen LogP) is 0.251. The van der Waals surface area contributed by atoms with Crippen LogP contribution < -0.4 is 11.1 Å². The molecular weight excluding hydrogens is 140 g/mol. The molecule has 64 valence electrons. The smallest absolute Gasteiger partial charge is 0.220 e. The zero-order chi connectivity index (χ0) is 8.10. The Balaban J connectivity index is 2.00. The Hall–Kier alpha value is -0.570. The molecule has 11 heavy (non-hydrogen) atoms. The van der Waals surface area contributed by atoms with Gasteiger partial charge in [-0.3, -0.25) is 4.79 Å². The average Bonchev–Trinajstić information content (AvgIpc) is 1.93. The van der Waals surface area contributed by atoms with Gasteiger partial charge in [-0.1, -0.05) is 6.42 Å². The van der Waals surface area contributed by atoms with Gasteiger partial charge in [-0.15, -0.1) is 0 Å². The number of carbonyl (C=O) groups is 1. The van der Waals surface area contributed by atoms with E-state index in [1.54, 1.807) is 0 Å². The van der Waals surface area contributed by atoms with E-state index in [0.717, 1.165) is 0 Å². The quantitative estimate of drug-likeness (QED) is 0.613. The number of rotatable bonds is 4. The number of amides is 1.